The van der Waals surface area contributed by atoms with Crippen LogP contribution in [0.25, 0.3) is 0 Å². The van der Waals surface area contributed by atoms with Crippen LogP contribution in [0.1, 0.15) is 15.9 Å². The minimum absolute atomic E-state index is 0.0520. The van der Waals surface area contributed by atoms with Crippen molar-refractivity contribution < 1.29 is 18.7 Å². The summed E-state index contributed by atoms with van der Waals surface area (Å²) in [6, 6.07) is 9.53. The van der Waals surface area contributed by atoms with Crippen LogP contribution in [0.3, 0.4) is 0 Å². The average Bonchev–Trinajstić information content (AvgIpc) is 2.39. The van der Waals surface area contributed by atoms with Crippen molar-refractivity contribution >= 4 is 17.7 Å². The fraction of sp³-hybridized carbons (Fsp3) is 0.0714. The van der Waals surface area contributed by atoms with Gasteiger partial charge < -0.3 is 5.11 Å². The van der Waals surface area contributed by atoms with E-state index in [2.05, 4.69) is 0 Å². The summed E-state index contributed by atoms with van der Waals surface area (Å²) in [6.07, 6.45) is 0. The van der Waals surface area contributed by atoms with Crippen molar-refractivity contribution in [2.24, 2.45) is 0 Å². The fourth-order valence-corrected chi connectivity index (χ4v) is 2.38. The molecule has 0 fully saturated rings. The quantitative estimate of drug-likeness (QED) is 0.861. The first-order valence-electron chi connectivity index (χ1n) is 5.46. The summed E-state index contributed by atoms with van der Waals surface area (Å²) in [4.78, 5) is 11.6. The van der Waals surface area contributed by atoms with Gasteiger partial charge in [0, 0.05) is 10.6 Å². The molecule has 2 rings (SSSR count). The molecule has 19 heavy (non-hydrogen) atoms. The first kappa shape index (κ1) is 13.5. The van der Waals surface area contributed by atoms with Crippen LogP contribution in [0.5, 0.6) is 0 Å². The minimum atomic E-state index is -1.09. The number of benzene rings is 2. The molecule has 0 saturated carbocycles. The number of carboxylic acid groups (broad SMARTS) is 1. The van der Waals surface area contributed by atoms with Crippen molar-refractivity contribution in [2.45, 2.75) is 10.6 Å². The molecule has 0 aliphatic heterocycles. The molecule has 2 aromatic carbocycles. The van der Waals surface area contributed by atoms with E-state index in [-0.39, 0.29) is 11.4 Å². The van der Waals surface area contributed by atoms with Crippen molar-refractivity contribution in [3.63, 3.8) is 0 Å². The van der Waals surface area contributed by atoms with Crippen molar-refractivity contribution in [1.82, 2.24) is 0 Å². The average molecular weight is 280 g/mol. The maximum absolute atomic E-state index is 13.5. The summed E-state index contributed by atoms with van der Waals surface area (Å²) < 4.78 is 26.3. The predicted molar refractivity (Wildman–Crippen MR) is 69.3 cm³/mol. The van der Waals surface area contributed by atoms with E-state index in [1.54, 1.807) is 12.1 Å². The highest BCUT2D eigenvalue weighted by molar-refractivity contribution is 7.98. The Hall–Kier alpha value is -1.88. The normalized spacial score (nSPS) is 10.4. The molecule has 0 amide bonds. The maximum Gasteiger partial charge on any atom is 0.335 e. The van der Waals surface area contributed by atoms with Gasteiger partial charge in [0.1, 0.15) is 11.6 Å². The molecule has 98 valence electrons. The van der Waals surface area contributed by atoms with E-state index in [4.69, 9.17) is 5.11 Å². The van der Waals surface area contributed by atoms with Gasteiger partial charge in [-0.2, -0.15) is 0 Å². The zero-order valence-electron chi connectivity index (χ0n) is 9.77. The van der Waals surface area contributed by atoms with Gasteiger partial charge in [0.2, 0.25) is 0 Å². The first-order valence-corrected chi connectivity index (χ1v) is 6.45. The molecule has 0 heterocycles. The highest BCUT2D eigenvalue weighted by Crippen LogP contribution is 2.24. The lowest BCUT2D eigenvalue weighted by Crippen LogP contribution is -1.99. The zero-order valence-corrected chi connectivity index (χ0v) is 10.6. The summed E-state index contributed by atoms with van der Waals surface area (Å²) in [5, 5.41) is 8.85. The van der Waals surface area contributed by atoms with Crippen LogP contribution in [-0.2, 0) is 5.75 Å². The van der Waals surface area contributed by atoms with Crippen molar-refractivity contribution in [3.8, 4) is 0 Å². The van der Waals surface area contributed by atoms with E-state index < -0.39 is 11.8 Å². The Morgan fingerprint density at radius 1 is 1.11 bits per heavy atom. The summed E-state index contributed by atoms with van der Waals surface area (Å²) >= 11 is 1.32. The third kappa shape index (κ3) is 3.54. The summed E-state index contributed by atoms with van der Waals surface area (Å²) in [6.45, 7) is 0. The number of thioether (sulfide) groups is 1. The van der Waals surface area contributed by atoms with Gasteiger partial charge in [-0.3, -0.25) is 0 Å². The van der Waals surface area contributed by atoms with Gasteiger partial charge in [0.15, 0.2) is 0 Å². The molecular weight excluding hydrogens is 270 g/mol. The topological polar surface area (TPSA) is 37.3 Å². The van der Waals surface area contributed by atoms with Crippen LogP contribution in [-0.4, -0.2) is 11.1 Å². The fourth-order valence-electron chi connectivity index (χ4n) is 1.51. The number of carboxylic acids is 1. The predicted octanol–water partition coefficient (Wildman–Crippen LogP) is 3.96. The van der Waals surface area contributed by atoms with Crippen molar-refractivity contribution in [1.29, 1.82) is 0 Å². The highest BCUT2D eigenvalue weighted by atomic mass is 32.2. The molecule has 0 aromatic heterocycles. The number of carbonyl (C=O) groups is 1. The number of hydrogen-bond acceptors (Lipinski definition) is 2. The lowest BCUT2D eigenvalue weighted by Gasteiger charge is -2.05. The number of aromatic carboxylic acids is 1. The SMILES string of the molecule is O=C(O)c1ccc(F)c(CSc2ccc(F)cc2)c1. The second-order valence-corrected chi connectivity index (χ2v) is 4.90. The third-order valence-corrected chi connectivity index (χ3v) is 3.56. The van der Waals surface area contributed by atoms with Gasteiger partial charge in [-0.05, 0) is 48.0 Å². The number of halogens is 2. The van der Waals surface area contributed by atoms with E-state index in [9.17, 15) is 13.6 Å². The van der Waals surface area contributed by atoms with Crippen LogP contribution in [0.2, 0.25) is 0 Å². The Morgan fingerprint density at radius 3 is 2.42 bits per heavy atom. The van der Waals surface area contributed by atoms with Crippen LogP contribution < -0.4 is 0 Å². The number of hydrogen-bond donors (Lipinski definition) is 1. The largest absolute Gasteiger partial charge is 0.478 e. The van der Waals surface area contributed by atoms with Crippen LogP contribution in [0, 0.1) is 11.6 Å². The molecular formula is C14H10F2O2S. The first-order chi connectivity index (χ1) is 9.06. The lowest BCUT2D eigenvalue weighted by atomic mass is 10.1. The molecule has 5 heteroatoms. The smallest absolute Gasteiger partial charge is 0.335 e. The van der Waals surface area contributed by atoms with Crippen molar-refractivity contribution in [3.05, 3.63) is 65.2 Å². The Morgan fingerprint density at radius 2 is 1.79 bits per heavy atom. The van der Waals surface area contributed by atoms with E-state index in [0.717, 1.165) is 11.0 Å². The summed E-state index contributed by atoms with van der Waals surface area (Å²) in [7, 11) is 0. The Bertz CT molecular complexity index is 597. The summed E-state index contributed by atoms with van der Waals surface area (Å²) in [5.41, 5.74) is 0.366. The van der Waals surface area contributed by atoms with E-state index >= 15 is 0 Å². The van der Waals surface area contributed by atoms with E-state index in [0.29, 0.717) is 11.3 Å². The molecule has 0 atom stereocenters. The zero-order chi connectivity index (χ0) is 13.8. The van der Waals surface area contributed by atoms with Gasteiger partial charge >= 0.3 is 5.97 Å². The van der Waals surface area contributed by atoms with Crippen molar-refractivity contribution in [2.75, 3.05) is 0 Å². The Balaban J connectivity index is 2.12. The number of rotatable bonds is 4. The molecule has 2 aromatic rings. The molecule has 1 N–H and O–H groups in total. The maximum atomic E-state index is 13.5. The third-order valence-electron chi connectivity index (χ3n) is 2.50. The van der Waals surface area contributed by atoms with Crippen LogP contribution in [0.4, 0.5) is 8.78 Å². The molecule has 0 unspecified atom stereocenters. The lowest BCUT2D eigenvalue weighted by molar-refractivity contribution is 0.0696. The van der Waals surface area contributed by atoms with Crippen LogP contribution in [0.15, 0.2) is 47.4 Å². The summed E-state index contributed by atoms with van der Waals surface area (Å²) in [5.74, 6) is -1.57. The molecule has 0 spiro atoms. The van der Waals surface area contributed by atoms with Gasteiger partial charge in [0.25, 0.3) is 0 Å². The van der Waals surface area contributed by atoms with Crippen LogP contribution >= 0.6 is 11.8 Å². The Labute approximate surface area is 113 Å². The molecule has 0 aliphatic rings. The molecule has 0 saturated heterocycles. The van der Waals surface area contributed by atoms with E-state index in [1.807, 2.05) is 0 Å². The monoisotopic (exact) mass is 280 g/mol. The highest BCUT2D eigenvalue weighted by Gasteiger charge is 2.08. The standard InChI is InChI=1S/C14H10F2O2S/c15-11-2-4-12(5-3-11)19-8-10-7-9(14(17)18)1-6-13(10)16/h1-7H,8H2,(H,17,18). The second kappa shape index (κ2) is 5.84. The van der Waals surface area contributed by atoms with Gasteiger partial charge in [-0.1, -0.05) is 0 Å². The second-order valence-electron chi connectivity index (χ2n) is 3.85. The van der Waals surface area contributed by atoms with Gasteiger partial charge in [-0.15, -0.1) is 11.8 Å². The molecule has 0 radical (unpaired) electrons. The van der Waals surface area contributed by atoms with E-state index in [1.165, 1.54) is 36.0 Å². The minimum Gasteiger partial charge on any atom is -0.478 e. The Kier molecular flexibility index (Phi) is 4.16. The van der Waals surface area contributed by atoms with Gasteiger partial charge in [-0.25, -0.2) is 13.6 Å². The molecule has 0 bridgehead atoms. The molecule has 2 nitrogen and oxygen atoms in total. The van der Waals surface area contributed by atoms with Gasteiger partial charge in [0.05, 0.1) is 5.56 Å². The molecule has 0 aliphatic carbocycles.